The van der Waals surface area contributed by atoms with Gasteiger partial charge in [0.05, 0.1) is 6.61 Å². The Morgan fingerprint density at radius 2 is 1.86 bits per heavy atom. The number of amides is 1. The third kappa shape index (κ3) is 5.39. The van der Waals surface area contributed by atoms with Crippen LogP contribution in [0.4, 0.5) is 0 Å². The van der Waals surface area contributed by atoms with Crippen LogP contribution in [0.2, 0.25) is 0 Å². The minimum absolute atomic E-state index is 0.0773. The van der Waals surface area contributed by atoms with Crippen molar-refractivity contribution in [3.05, 3.63) is 64.9 Å². The zero-order valence-electron chi connectivity index (χ0n) is 16.7. The van der Waals surface area contributed by atoms with Gasteiger partial charge in [-0.1, -0.05) is 44.2 Å². The van der Waals surface area contributed by atoms with Gasteiger partial charge >= 0.3 is 5.97 Å². The fourth-order valence-corrected chi connectivity index (χ4v) is 2.58. The normalized spacial score (nSPS) is 11.8. The fourth-order valence-electron chi connectivity index (χ4n) is 2.58. The Balaban J connectivity index is 2.44. The van der Waals surface area contributed by atoms with Crippen LogP contribution in [0.1, 0.15) is 61.2 Å². The van der Waals surface area contributed by atoms with Gasteiger partial charge in [-0.25, -0.2) is 9.97 Å². The Kier molecular flexibility index (Phi) is 7.26. The Hall–Kier alpha value is -3.22. The molecular weight excluding hydrogens is 356 g/mol. The highest BCUT2D eigenvalue weighted by molar-refractivity contribution is 5.94. The molecule has 1 aromatic heterocycles. The first kappa shape index (κ1) is 21.1. The lowest BCUT2D eigenvalue weighted by Crippen LogP contribution is -2.31. The number of rotatable bonds is 7. The molecule has 0 radical (unpaired) electrons. The van der Waals surface area contributed by atoms with E-state index in [0.717, 1.165) is 5.56 Å². The van der Waals surface area contributed by atoms with Crippen LogP contribution < -0.4 is 11.1 Å². The van der Waals surface area contributed by atoms with Crippen molar-refractivity contribution in [2.75, 3.05) is 13.2 Å². The molecule has 1 amide bonds. The number of nitrogens with zero attached hydrogens (tertiary/aromatic N) is 2. The number of esters is 1. The van der Waals surface area contributed by atoms with E-state index in [1.165, 1.54) is 0 Å². The molecule has 1 aromatic carbocycles. The molecule has 2 aromatic rings. The standard InChI is InChI=1S/C21H26N4O3/c1-5-28-18(26)12-23-21(27)17-11-16(13(2)3)24-20(25-17)19(14(4)22)15-9-7-6-8-10-15/h6-11,13H,5,12,22H2,1-4H3,(H,23,27). The van der Waals surface area contributed by atoms with Gasteiger partial charge in [-0.2, -0.15) is 0 Å². The number of carbonyl (C=O) groups is 2. The maximum atomic E-state index is 12.6. The zero-order chi connectivity index (χ0) is 20.7. The molecule has 0 saturated heterocycles. The van der Waals surface area contributed by atoms with E-state index in [1.54, 1.807) is 19.9 Å². The molecule has 3 N–H and O–H groups in total. The van der Waals surface area contributed by atoms with Gasteiger partial charge in [0.1, 0.15) is 12.2 Å². The van der Waals surface area contributed by atoms with Crippen LogP contribution in [0.15, 0.2) is 42.1 Å². The van der Waals surface area contributed by atoms with Gasteiger partial charge in [-0.15, -0.1) is 0 Å². The summed E-state index contributed by atoms with van der Waals surface area (Å²) in [6.07, 6.45) is 0. The van der Waals surface area contributed by atoms with E-state index in [2.05, 4.69) is 15.3 Å². The Bertz CT molecular complexity index is 872. The van der Waals surface area contributed by atoms with Crippen LogP contribution in [0, 0.1) is 0 Å². The maximum Gasteiger partial charge on any atom is 0.325 e. The second-order valence-electron chi connectivity index (χ2n) is 6.57. The zero-order valence-corrected chi connectivity index (χ0v) is 16.7. The molecule has 0 aliphatic carbocycles. The highest BCUT2D eigenvalue weighted by Crippen LogP contribution is 2.24. The number of nitrogens with two attached hydrogens (primary N) is 1. The minimum Gasteiger partial charge on any atom is -0.465 e. The first-order chi connectivity index (χ1) is 13.3. The molecule has 0 aliphatic rings. The molecule has 7 nitrogen and oxygen atoms in total. The van der Waals surface area contributed by atoms with Gasteiger partial charge in [0.15, 0.2) is 5.82 Å². The summed E-state index contributed by atoms with van der Waals surface area (Å²) >= 11 is 0. The van der Waals surface area contributed by atoms with Crippen molar-refractivity contribution in [3.8, 4) is 0 Å². The fraction of sp³-hybridized carbons (Fsp3) is 0.333. The third-order valence-corrected chi connectivity index (χ3v) is 3.95. The van der Waals surface area contributed by atoms with Crippen molar-refractivity contribution in [1.82, 2.24) is 15.3 Å². The van der Waals surface area contributed by atoms with Crippen LogP contribution in [-0.2, 0) is 9.53 Å². The van der Waals surface area contributed by atoms with E-state index in [0.29, 0.717) is 22.8 Å². The smallest absolute Gasteiger partial charge is 0.325 e. The average molecular weight is 382 g/mol. The summed E-state index contributed by atoms with van der Waals surface area (Å²) in [4.78, 5) is 33.1. The van der Waals surface area contributed by atoms with E-state index in [4.69, 9.17) is 10.5 Å². The van der Waals surface area contributed by atoms with E-state index in [1.807, 2.05) is 44.2 Å². The number of hydrogen-bond donors (Lipinski definition) is 2. The van der Waals surface area contributed by atoms with Gasteiger partial charge in [-0.05, 0) is 31.4 Å². The summed E-state index contributed by atoms with van der Waals surface area (Å²) in [5.41, 5.74) is 9.08. The van der Waals surface area contributed by atoms with Crippen LogP contribution in [0.25, 0.3) is 5.57 Å². The summed E-state index contributed by atoms with van der Waals surface area (Å²) in [5, 5.41) is 2.53. The molecule has 7 heteroatoms. The van der Waals surface area contributed by atoms with Crippen molar-refractivity contribution in [1.29, 1.82) is 0 Å². The number of ether oxygens (including phenoxy) is 1. The van der Waals surface area contributed by atoms with Crippen LogP contribution >= 0.6 is 0 Å². The molecule has 28 heavy (non-hydrogen) atoms. The second-order valence-corrected chi connectivity index (χ2v) is 6.57. The molecule has 2 rings (SSSR count). The Labute approximate surface area is 165 Å². The molecule has 0 bridgehead atoms. The third-order valence-electron chi connectivity index (χ3n) is 3.95. The lowest BCUT2D eigenvalue weighted by Gasteiger charge is -2.14. The topological polar surface area (TPSA) is 107 Å². The first-order valence-electron chi connectivity index (χ1n) is 9.18. The summed E-state index contributed by atoms with van der Waals surface area (Å²) in [7, 11) is 0. The van der Waals surface area contributed by atoms with Crippen molar-refractivity contribution >= 4 is 17.4 Å². The van der Waals surface area contributed by atoms with Crippen LogP contribution in [-0.4, -0.2) is 35.0 Å². The van der Waals surface area contributed by atoms with Gasteiger partial charge in [0.25, 0.3) is 5.91 Å². The Morgan fingerprint density at radius 3 is 2.43 bits per heavy atom. The molecule has 0 atom stereocenters. The van der Waals surface area contributed by atoms with Crippen LogP contribution in [0.5, 0.6) is 0 Å². The second kappa shape index (κ2) is 9.64. The van der Waals surface area contributed by atoms with Crippen molar-refractivity contribution in [2.45, 2.75) is 33.6 Å². The molecule has 0 fully saturated rings. The summed E-state index contributed by atoms with van der Waals surface area (Å²) in [6.45, 7) is 7.47. The highest BCUT2D eigenvalue weighted by Gasteiger charge is 2.18. The van der Waals surface area contributed by atoms with Gasteiger partial charge in [0, 0.05) is 17.0 Å². The van der Waals surface area contributed by atoms with E-state index in [9.17, 15) is 9.59 Å². The van der Waals surface area contributed by atoms with E-state index >= 15 is 0 Å². The number of benzene rings is 1. The molecule has 0 saturated carbocycles. The summed E-state index contributed by atoms with van der Waals surface area (Å²) < 4.78 is 4.83. The van der Waals surface area contributed by atoms with E-state index < -0.39 is 11.9 Å². The van der Waals surface area contributed by atoms with E-state index in [-0.39, 0.29) is 24.8 Å². The number of carbonyl (C=O) groups excluding carboxylic acids is 2. The lowest BCUT2D eigenvalue weighted by molar-refractivity contribution is -0.141. The number of nitrogens with one attached hydrogen (secondary N) is 1. The predicted molar refractivity (Wildman–Crippen MR) is 107 cm³/mol. The molecule has 0 unspecified atom stereocenters. The van der Waals surface area contributed by atoms with Gasteiger partial charge < -0.3 is 15.8 Å². The van der Waals surface area contributed by atoms with Crippen molar-refractivity contribution in [2.24, 2.45) is 5.73 Å². The lowest BCUT2D eigenvalue weighted by atomic mass is 10.0. The summed E-state index contributed by atoms with van der Waals surface area (Å²) in [5.74, 6) is -0.523. The quantitative estimate of drug-likeness (QED) is 0.713. The molecule has 0 spiro atoms. The Morgan fingerprint density at radius 1 is 1.18 bits per heavy atom. The van der Waals surface area contributed by atoms with Crippen molar-refractivity contribution < 1.29 is 14.3 Å². The molecule has 1 heterocycles. The number of hydrogen-bond acceptors (Lipinski definition) is 6. The van der Waals surface area contributed by atoms with Gasteiger partial charge in [0.2, 0.25) is 0 Å². The van der Waals surface area contributed by atoms with Crippen LogP contribution in [0.3, 0.4) is 0 Å². The molecule has 0 aliphatic heterocycles. The average Bonchev–Trinajstić information content (AvgIpc) is 2.66. The first-order valence-corrected chi connectivity index (χ1v) is 9.18. The predicted octanol–water partition coefficient (Wildman–Crippen LogP) is 2.63. The van der Waals surface area contributed by atoms with Gasteiger partial charge in [-0.3, -0.25) is 9.59 Å². The SMILES string of the molecule is CCOC(=O)CNC(=O)c1cc(C(C)C)nc(C(=C(C)N)c2ccccc2)n1. The highest BCUT2D eigenvalue weighted by atomic mass is 16.5. The number of aromatic nitrogens is 2. The number of allylic oxidation sites excluding steroid dienone is 1. The molecular formula is C21H26N4O3. The largest absolute Gasteiger partial charge is 0.465 e. The molecule has 148 valence electrons. The maximum absolute atomic E-state index is 12.6. The monoisotopic (exact) mass is 382 g/mol. The summed E-state index contributed by atoms with van der Waals surface area (Å²) in [6, 6.07) is 11.2. The van der Waals surface area contributed by atoms with Crippen molar-refractivity contribution in [3.63, 3.8) is 0 Å². The minimum atomic E-state index is -0.503.